The topological polar surface area (TPSA) is 40.5 Å². The van der Waals surface area contributed by atoms with E-state index in [0.29, 0.717) is 17.3 Å². The van der Waals surface area contributed by atoms with Crippen molar-refractivity contribution in [3.8, 4) is 0 Å². The highest BCUT2D eigenvalue weighted by Gasteiger charge is 2.61. The highest BCUT2D eigenvalue weighted by atomic mass is 16.3. The van der Waals surface area contributed by atoms with Crippen LogP contribution < -0.4 is 0 Å². The first-order chi connectivity index (χ1) is 10.3. The molecule has 0 amide bonds. The molecule has 0 aliphatic heterocycles. The Balaban J connectivity index is 1.65. The average molecular weight is 304 g/mol. The highest BCUT2D eigenvalue weighted by Crippen LogP contribution is 2.66. The summed E-state index contributed by atoms with van der Waals surface area (Å²) in [5.41, 5.74) is -0.180. The van der Waals surface area contributed by atoms with Crippen LogP contribution in [0.3, 0.4) is 0 Å². The zero-order valence-electron chi connectivity index (χ0n) is 14.4. The van der Waals surface area contributed by atoms with Crippen LogP contribution in [-0.4, -0.2) is 21.9 Å². The van der Waals surface area contributed by atoms with Gasteiger partial charge in [0.25, 0.3) is 0 Å². The van der Waals surface area contributed by atoms with Crippen molar-refractivity contribution >= 4 is 0 Å². The van der Waals surface area contributed by atoms with Crippen molar-refractivity contribution < 1.29 is 10.2 Å². The molecule has 0 heterocycles. The van der Waals surface area contributed by atoms with Gasteiger partial charge in [-0.1, -0.05) is 26.0 Å². The predicted molar refractivity (Wildman–Crippen MR) is 88.3 cm³/mol. The monoisotopic (exact) mass is 304 g/mol. The molecule has 4 aliphatic rings. The second-order valence-electron chi connectivity index (χ2n) is 9.47. The second kappa shape index (κ2) is 4.60. The van der Waals surface area contributed by atoms with Crippen LogP contribution in [0.15, 0.2) is 12.2 Å². The van der Waals surface area contributed by atoms with Gasteiger partial charge in [0.15, 0.2) is 0 Å². The van der Waals surface area contributed by atoms with Gasteiger partial charge in [0, 0.05) is 5.41 Å². The molecule has 4 rings (SSSR count). The lowest BCUT2D eigenvalue weighted by Crippen LogP contribution is -2.56. The van der Waals surface area contributed by atoms with E-state index in [2.05, 4.69) is 26.0 Å². The van der Waals surface area contributed by atoms with Gasteiger partial charge in [-0.3, -0.25) is 0 Å². The fourth-order valence-corrected chi connectivity index (χ4v) is 6.91. The summed E-state index contributed by atoms with van der Waals surface area (Å²) < 4.78 is 0. The fourth-order valence-electron chi connectivity index (χ4n) is 6.91. The van der Waals surface area contributed by atoms with Crippen LogP contribution in [0.1, 0.15) is 65.7 Å². The van der Waals surface area contributed by atoms with Gasteiger partial charge < -0.3 is 10.2 Å². The normalized spacial score (nSPS) is 60.5. The molecule has 0 radical (unpaired) electrons. The van der Waals surface area contributed by atoms with Crippen LogP contribution in [0.2, 0.25) is 0 Å². The molecule has 0 saturated heterocycles. The first kappa shape index (κ1) is 15.2. The zero-order chi connectivity index (χ0) is 15.8. The van der Waals surface area contributed by atoms with Crippen LogP contribution in [0.4, 0.5) is 0 Å². The standard InChI is InChI=1S/C20H32O2/c1-18-9-6-14(21)12-13(18)4-5-15-16(18)7-10-19(2)17(15)8-11-20(19,3)22/h8,11,13-17,21-22H,4-7,9-10,12H2,1-3H3/t13?,14?,15-,16+,17+,18+,19+,20?/m1/s1. The van der Waals surface area contributed by atoms with E-state index in [1.54, 1.807) is 0 Å². The summed E-state index contributed by atoms with van der Waals surface area (Å²) in [6.45, 7) is 6.83. The van der Waals surface area contributed by atoms with Gasteiger partial charge in [-0.15, -0.1) is 0 Å². The maximum atomic E-state index is 10.9. The lowest BCUT2D eigenvalue weighted by molar-refractivity contribution is -0.146. The molecular formula is C20H32O2. The zero-order valence-corrected chi connectivity index (χ0v) is 14.4. The van der Waals surface area contributed by atoms with Gasteiger partial charge in [-0.05, 0) is 81.0 Å². The molecule has 0 aromatic heterocycles. The fraction of sp³-hybridized carbons (Fsp3) is 0.900. The Morgan fingerprint density at radius 2 is 1.77 bits per heavy atom. The molecule has 0 spiro atoms. The van der Waals surface area contributed by atoms with Crippen molar-refractivity contribution in [1.82, 2.24) is 0 Å². The Morgan fingerprint density at radius 3 is 2.55 bits per heavy atom. The second-order valence-corrected chi connectivity index (χ2v) is 9.47. The minimum absolute atomic E-state index is 0.0333. The maximum Gasteiger partial charge on any atom is 0.0858 e. The van der Waals surface area contributed by atoms with E-state index in [0.717, 1.165) is 31.1 Å². The van der Waals surface area contributed by atoms with Gasteiger partial charge in [0.2, 0.25) is 0 Å². The van der Waals surface area contributed by atoms with E-state index >= 15 is 0 Å². The van der Waals surface area contributed by atoms with Crippen molar-refractivity contribution in [3.63, 3.8) is 0 Å². The van der Waals surface area contributed by atoms with Gasteiger partial charge in [0.05, 0.1) is 11.7 Å². The Kier molecular flexibility index (Phi) is 3.18. The minimum atomic E-state index is -0.636. The molecule has 0 bridgehead atoms. The molecule has 22 heavy (non-hydrogen) atoms. The van der Waals surface area contributed by atoms with Gasteiger partial charge in [0.1, 0.15) is 0 Å². The summed E-state index contributed by atoms with van der Waals surface area (Å²) in [6.07, 6.45) is 12.6. The Bertz CT molecular complexity index is 496. The molecule has 0 aromatic carbocycles. The Hall–Kier alpha value is -0.340. The molecule has 3 saturated carbocycles. The summed E-state index contributed by atoms with van der Waals surface area (Å²) in [7, 11) is 0. The van der Waals surface area contributed by atoms with E-state index in [1.807, 2.05) is 6.92 Å². The molecule has 4 aliphatic carbocycles. The summed E-state index contributed by atoms with van der Waals surface area (Å²) in [6, 6.07) is 0. The molecule has 3 unspecified atom stereocenters. The van der Waals surface area contributed by atoms with E-state index in [9.17, 15) is 10.2 Å². The first-order valence-electron chi connectivity index (χ1n) is 9.38. The number of fused-ring (bicyclic) bond motifs is 5. The molecule has 124 valence electrons. The number of hydrogen-bond acceptors (Lipinski definition) is 2. The van der Waals surface area contributed by atoms with E-state index < -0.39 is 5.60 Å². The van der Waals surface area contributed by atoms with Gasteiger partial charge in [-0.25, -0.2) is 0 Å². The van der Waals surface area contributed by atoms with Crippen LogP contribution in [0, 0.1) is 34.5 Å². The largest absolute Gasteiger partial charge is 0.393 e. The van der Waals surface area contributed by atoms with Crippen LogP contribution in [0.5, 0.6) is 0 Å². The van der Waals surface area contributed by atoms with Crippen molar-refractivity contribution in [1.29, 1.82) is 0 Å². The third kappa shape index (κ3) is 1.80. The summed E-state index contributed by atoms with van der Waals surface area (Å²) >= 11 is 0. The quantitative estimate of drug-likeness (QED) is 0.666. The Morgan fingerprint density at radius 1 is 1.00 bits per heavy atom. The number of aliphatic hydroxyl groups is 2. The SMILES string of the molecule is CC1(O)C=C[C@H]2[C@@H]3CCC4CC(O)CC[C@]4(C)[C@H]3CC[C@@]21C. The lowest BCUT2D eigenvalue weighted by Gasteiger charge is -2.61. The highest BCUT2D eigenvalue weighted by molar-refractivity contribution is 5.24. The molecule has 2 nitrogen and oxygen atoms in total. The van der Waals surface area contributed by atoms with Gasteiger partial charge >= 0.3 is 0 Å². The van der Waals surface area contributed by atoms with Crippen molar-refractivity contribution in [3.05, 3.63) is 12.2 Å². The summed E-state index contributed by atoms with van der Waals surface area (Å²) in [4.78, 5) is 0. The van der Waals surface area contributed by atoms with E-state index in [4.69, 9.17) is 0 Å². The predicted octanol–water partition coefficient (Wildman–Crippen LogP) is 3.92. The van der Waals surface area contributed by atoms with Crippen molar-refractivity contribution in [2.45, 2.75) is 77.4 Å². The lowest BCUT2D eigenvalue weighted by atomic mass is 9.44. The van der Waals surface area contributed by atoms with Gasteiger partial charge in [-0.2, -0.15) is 0 Å². The number of rotatable bonds is 0. The molecular weight excluding hydrogens is 272 g/mol. The third-order valence-electron chi connectivity index (χ3n) is 8.67. The summed E-state index contributed by atoms with van der Waals surface area (Å²) in [5, 5.41) is 20.9. The molecule has 2 N–H and O–H groups in total. The van der Waals surface area contributed by atoms with Crippen molar-refractivity contribution in [2.24, 2.45) is 34.5 Å². The molecule has 0 aromatic rings. The van der Waals surface area contributed by atoms with Crippen LogP contribution in [0.25, 0.3) is 0 Å². The minimum Gasteiger partial charge on any atom is -0.393 e. The van der Waals surface area contributed by atoms with E-state index in [1.165, 1.54) is 25.7 Å². The number of hydrogen-bond donors (Lipinski definition) is 2. The average Bonchev–Trinajstić information content (AvgIpc) is 2.70. The summed E-state index contributed by atoms with van der Waals surface area (Å²) in [5.74, 6) is 2.79. The van der Waals surface area contributed by atoms with Crippen LogP contribution >= 0.6 is 0 Å². The maximum absolute atomic E-state index is 10.9. The molecule has 8 atom stereocenters. The van der Waals surface area contributed by atoms with E-state index in [-0.39, 0.29) is 11.5 Å². The Labute approximate surface area is 135 Å². The first-order valence-corrected chi connectivity index (χ1v) is 9.38. The smallest absolute Gasteiger partial charge is 0.0858 e. The van der Waals surface area contributed by atoms with Crippen molar-refractivity contribution in [2.75, 3.05) is 0 Å². The third-order valence-corrected chi connectivity index (χ3v) is 8.67. The molecule has 2 heteroatoms. The number of allylic oxidation sites excluding steroid dienone is 1. The molecule has 3 fully saturated rings. The van der Waals surface area contributed by atoms with Crippen LogP contribution in [-0.2, 0) is 0 Å². The number of aliphatic hydroxyl groups excluding tert-OH is 1.